The first-order valence-electron chi connectivity index (χ1n) is 6.53. The minimum atomic E-state index is 0.269. The fourth-order valence-corrected chi connectivity index (χ4v) is 2.27. The summed E-state index contributed by atoms with van der Waals surface area (Å²) in [5, 5.41) is 3.32. The molecule has 0 amide bonds. The second-order valence-electron chi connectivity index (χ2n) is 4.98. The molecule has 1 aromatic rings. The smallest absolute Gasteiger partial charge is 0.226 e. The highest BCUT2D eigenvalue weighted by Gasteiger charge is 2.38. The molecule has 18 heavy (non-hydrogen) atoms. The van der Waals surface area contributed by atoms with Crippen molar-refractivity contribution >= 4 is 5.95 Å². The van der Waals surface area contributed by atoms with Crippen LogP contribution in [0.1, 0.15) is 26.2 Å². The molecule has 1 fully saturated rings. The van der Waals surface area contributed by atoms with Crippen molar-refractivity contribution in [3.63, 3.8) is 0 Å². The van der Waals surface area contributed by atoms with Crippen molar-refractivity contribution in [2.24, 2.45) is 0 Å². The van der Waals surface area contributed by atoms with E-state index < -0.39 is 0 Å². The first-order chi connectivity index (χ1) is 8.66. The van der Waals surface area contributed by atoms with Gasteiger partial charge in [-0.05, 0) is 40.3 Å². The molecule has 0 atom stereocenters. The Labute approximate surface area is 109 Å². The quantitative estimate of drug-likeness (QED) is 0.834. The summed E-state index contributed by atoms with van der Waals surface area (Å²) in [4.78, 5) is 10.8. The zero-order valence-corrected chi connectivity index (χ0v) is 11.4. The lowest BCUT2D eigenvalue weighted by Gasteiger charge is -2.47. The highest BCUT2D eigenvalue weighted by atomic mass is 16.5. The Kier molecular flexibility index (Phi) is 4.01. The van der Waals surface area contributed by atoms with E-state index in [1.165, 1.54) is 19.3 Å². The molecule has 1 N–H and O–H groups in total. The molecule has 0 aliphatic heterocycles. The van der Waals surface area contributed by atoms with Crippen LogP contribution in [-0.2, 0) is 0 Å². The van der Waals surface area contributed by atoms with Crippen LogP contribution < -0.4 is 10.1 Å². The summed E-state index contributed by atoms with van der Waals surface area (Å²) in [6.45, 7) is 3.46. The lowest BCUT2D eigenvalue weighted by molar-refractivity contribution is 0.0737. The van der Waals surface area contributed by atoms with Crippen LogP contribution in [0.4, 0.5) is 5.95 Å². The number of hydrogen-bond acceptors (Lipinski definition) is 5. The summed E-state index contributed by atoms with van der Waals surface area (Å²) >= 11 is 0. The zero-order valence-electron chi connectivity index (χ0n) is 11.4. The molecule has 1 aliphatic carbocycles. The average Bonchev–Trinajstić information content (AvgIpc) is 2.28. The van der Waals surface area contributed by atoms with Crippen molar-refractivity contribution in [3.8, 4) is 5.88 Å². The van der Waals surface area contributed by atoms with Gasteiger partial charge in [0.15, 0.2) is 0 Å². The maximum Gasteiger partial charge on any atom is 0.226 e. The molecule has 2 rings (SSSR count). The lowest BCUT2D eigenvalue weighted by Crippen LogP contribution is -2.54. The third-order valence-electron chi connectivity index (χ3n) is 3.73. The summed E-state index contributed by atoms with van der Waals surface area (Å²) in [6.07, 6.45) is 5.50. The van der Waals surface area contributed by atoms with Gasteiger partial charge in [0.1, 0.15) is 0 Å². The van der Waals surface area contributed by atoms with Gasteiger partial charge in [-0.25, -0.2) is 4.98 Å². The van der Waals surface area contributed by atoms with E-state index in [1.54, 1.807) is 12.3 Å². The molecular formula is C13H22N4O. The van der Waals surface area contributed by atoms with Crippen molar-refractivity contribution < 1.29 is 4.74 Å². The fourth-order valence-electron chi connectivity index (χ4n) is 2.27. The molecule has 0 spiro atoms. The van der Waals surface area contributed by atoms with E-state index in [0.29, 0.717) is 18.4 Å². The predicted octanol–water partition coefficient (Wildman–Crippen LogP) is 1.77. The van der Waals surface area contributed by atoms with Gasteiger partial charge in [0.05, 0.1) is 6.61 Å². The topological polar surface area (TPSA) is 50.3 Å². The number of aromatic nitrogens is 2. The van der Waals surface area contributed by atoms with E-state index in [9.17, 15) is 0 Å². The van der Waals surface area contributed by atoms with E-state index in [4.69, 9.17) is 4.74 Å². The van der Waals surface area contributed by atoms with Crippen molar-refractivity contribution in [2.75, 3.05) is 32.6 Å². The third-order valence-corrected chi connectivity index (χ3v) is 3.73. The lowest BCUT2D eigenvalue weighted by atomic mass is 9.75. The van der Waals surface area contributed by atoms with Gasteiger partial charge in [0, 0.05) is 24.3 Å². The van der Waals surface area contributed by atoms with Crippen molar-refractivity contribution in [3.05, 3.63) is 12.3 Å². The minimum absolute atomic E-state index is 0.269. The van der Waals surface area contributed by atoms with E-state index in [1.807, 2.05) is 6.92 Å². The van der Waals surface area contributed by atoms with Gasteiger partial charge in [0.2, 0.25) is 11.8 Å². The van der Waals surface area contributed by atoms with Gasteiger partial charge in [0.25, 0.3) is 0 Å². The number of rotatable bonds is 6. The molecule has 1 heterocycles. The van der Waals surface area contributed by atoms with Crippen molar-refractivity contribution in [2.45, 2.75) is 31.7 Å². The Balaban J connectivity index is 1.95. The van der Waals surface area contributed by atoms with Crippen molar-refractivity contribution in [1.82, 2.24) is 14.9 Å². The van der Waals surface area contributed by atoms with Crippen LogP contribution in [0.3, 0.4) is 0 Å². The molecule has 0 saturated heterocycles. The number of likely N-dealkylation sites (N-methyl/N-ethyl adjacent to an activating group) is 1. The van der Waals surface area contributed by atoms with E-state index in [0.717, 1.165) is 6.54 Å². The SMILES string of the molecule is CCOc1ccnc(NCC2(N(C)C)CCC2)n1. The molecule has 1 saturated carbocycles. The number of anilines is 1. The fraction of sp³-hybridized carbons (Fsp3) is 0.692. The maximum atomic E-state index is 5.36. The van der Waals surface area contributed by atoms with Crippen molar-refractivity contribution in [1.29, 1.82) is 0 Å². The Morgan fingerprint density at radius 3 is 2.78 bits per heavy atom. The summed E-state index contributed by atoms with van der Waals surface area (Å²) in [6, 6.07) is 1.78. The van der Waals surface area contributed by atoms with Crippen LogP contribution in [0.2, 0.25) is 0 Å². The Morgan fingerprint density at radius 2 is 2.22 bits per heavy atom. The molecule has 0 bridgehead atoms. The summed E-state index contributed by atoms with van der Waals surface area (Å²) in [7, 11) is 4.27. The molecule has 0 radical (unpaired) electrons. The number of nitrogens with one attached hydrogen (secondary N) is 1. The van der Waals surface area contributed by atoms with Gasteiger partial charge >= 0.3 is 0 Å². The normalized spacial score (nSPS) is 17.3. The second-order valence-corrected chi connectivity index (χ2v) is 4.98. The Hall–Kier alpha value is -1.36. The summed E-state index contributed by atoms with van der Waals surface area (Å²) in [5.74, 6) is 1.27. The average molecular weight is 250 g/mol. The van der Waals surface area contributed by atoms with E-state index in [2.05, 4.69) is 34.3 Å². The van der Waals surface area contributed by atoms with Crippen LogP contribution in [0.5, 0.6) is 5.88 Å². The molecule has 0 aromatic carbocycles. The largest absolute Gasteiger partial charge is 0.478 e. The summed E-state index contributed by atoms with van der Waals surface area (Å²) < 4.78 is 5.36. The monoisotopic (exact) mass is 250 g/mol. The maximum absolute atomic E-state index is 5.36. The zero-order chi connectivity index (χ0) is 13.0. The molecule has 5 nitrogen and oxygen atoms in total. The van der Waals surface area contributed by atoms with Gasteiger partial charge in [-0.15, -0.1) is 0 Å². The third kappa shape index (κ3) is 2.72. The predicted molar refractivity (Wildman–Crippen MR) is 72.0 cm³/mol. The highest BCUT2D eigenvalue weighted by molar-refractivity contribution is 5.28. The van der Waals surface area contributed by atoms with Crippen LogP contribution in [0.25, 0.3) is 0 Å². The van der Waals surface area contributed by atoms with Crippen LogP contribution >= 0.6 is 0 Å². The molecule has 1 aliphatic rings. The Bertz CT molecular complexity index is 390. The summed E-state index contributed by atoms with van der Waals surface area (Å²) in [5.41, 5.74) is 0.269. The molecule has 1 aromatic heterocycles. The van der Waals surface area contributed by atoms with Crippen LogP contribution in [0, 0.1) is 0 Å². The van der Waals surface area contributed by atoms with Gasteiger partial charge in [-0.1, -0.05) is 0 Å². The Morgan fingerprint density at radius 1 is 1.44 bits per heavy atom. The van der Waals surface area contributed by atoms with E-state index >= 15 is 0 Å². The van der Waals surface area contributed by atoms with E-state index in [-0.39, 0.29) is 5.54 Å². The second kappa shape index (κ2) is 5.52. The number of ether oxygens (including phenoxy) is 1. The molecular weight excluding hydrogens is 228 g/mol. The highest BCUT2D eigenvalue weighted by Crippen LogP contribution is 2.36. The number of nitrogens with zero attached hydrogens (tertiary/aromatic N) is 3. The van der Waals surface area contributed by atoms with Gasteiger partial charge in [-0.3, -0.25) is 0 Å². The first kappa shape index (κ1) is 13.1. The minimum Gasteiger partial charge on any atom is -0.478 e. The van der Waals surface area contributed by atoms with Crippen LogP contribution in [-0.4, -0.2) is 47.7 Å². The van der Waals surface area contributed by atoms with Gasteiger partial charge in [-0.2, -0.15) is 4.98 Å². The van der Waals surface area contributed by atoms with Gasteiger partial charge < -0.3 is 15.0 Å². The molecule has 5 heteroatoms. The molecule has 100 valence electrons. The first-order valence-corrected chi connectivity index (χ1v) is 6.53. The van der Waals surface area contributed by atoms with Crippen LogP contribution in [0.15, 0.2) is 12.3 Å². The molecule has 0 unspecified atom stereocenters. The standard InChI is InChI=1S/C13H22N4O/c1-4-18-11-6-9-14-12(16-11)15-10-13(17(2)3)7-5-8-13/h6,9H,4-5,7-8,10H2,1-3H3,(H,14,15,16). The number of hydrogen-bond donors (Lipinski definition) is 1.